The second-order valence-electron chi connectivity index (χ2n) is 6.85. The van der Waals surface area contributed by atoms with Gasteiger partial charge in [0.25, 0.3) is 5.91 Å². The van der Waals surface area contributed by atoms with E-state index in [4.69, 9.17) is 5.84 Å². The van der Waals surface area contributed by atoms with Crippen molar-refractivity contribution in [3.05, 3.63) is 144 Å². The number of nitrogens with two attached hydrogens (primary N) is 1. The van der Waals surface area contributed by atoms with Crippen molar-refractivity contribution in [3.8, 4) is 0 Å². The summed E-state index contributed by atoms with van der Waals surface area (Å²) in [6, 6.07) is 38.9. The van der Waals surface area contributed by atoms with Gasteiger partial charge in [-0.2, -0.15) is 0 Å². The van der Waals surface area contributed by atoms with Crippen LogP contribution in [-0.4, -0.2) is 10.9 Å². The summed E-state index contributed by atoms with van der Waals surface area (Å²) in [5.74, 6) is 6.46. The number of benzene rings is 4. The first-order valence-electron chi connectivity index (χ1n) is 9.55. The number of nitrogens with zero attached hydrogens (tertiary/aromatic N) is 1. The molecule has 0 aliphatic heterocycles. The van der Waals surface area contributed by atoms with E-state index >= 15 is 0 Å². The molecule has 0 aliphatic carbocycles. The third kappa shape index (κ3) is 3.33. The zero-order valence-electron chi connectivity index (χ0n) is 16.0. The maximum Gasteiger partial charge on any atom is 0.269 e. The molecule has 0 atom stereocenters. The van der Waals surface area contributed by atoms with E-state index in [9.17, 15) is 4.79 Å². The van der Waals surface area contributed by atoms with Crippen molar-refractivity contribution < 1.29 is 4.79 Å². The second kappa shape index (κ2) is 8.13. The first-order valence-corrected chi connectivity index (χ1v) is 9.55. The van der Waals surface area contributed by atoms with Crippen LogP contribution in [0.3, 0.4) is 0 Å². The predicted molar refractivity (Wildman–Crippen MR) is 116 cm³/mol. The monoisotopic (exact) mass is 378 g/mol. The lowest BCUT2D eigenvalue weighted by Crippen LogP contribution is -2.55. The normalized spacial score (nSPS) is 11.1. The Morgan fingerprint density at radius 2 is 0.862 bits per heavy atom. The minimum Gasteiger partial charge on any atom is -0.268 e. The van der Waals surface area contributed by atoms with Crippen LogP contribution < -0.4 is 5.84 Å². The predicted octanol–water partition coefficient (Wildman–Crippen LogP) is 4.99. The lowest BCUT2D eigenvalue weighted by atomic mass is 9.76. The van der Waals surface area contributed by atoms with Crippen molar-refractivity contribution >= 4 is 5.91 Å². The van der Waals surface area contributed by atoms with Crippen molar-refractivity contribution in [1.82, 2.24) is 5.01 Å². The maximum atomic E-state index is 13.5. The van der Waals surface area contributed by atoms with Gasteiger partial charge in [-0.15, -0.1) is 0 Å². The minimum atomic E-state index is -0.975. The Kier molecular flexibility index (Phi) is 5.23. The SMILES string of the molecule is NN(C(=O)c1ccccc1)C(c1ccccc1)(c1ccccc1)c1ccccc1. The van der Waals surface area contributed by atoms with E-state index in [1.807, 2.05) is 109 Å². The van der Waals surface area contributed by atoms with Crippen LogP contribution >= 0.6 is 0 Å². The minimum absolute atomic E-state index is 0.248. The Bertz CT molecular complexity index is 968. The number of carbonyl (C=O) groups excluding carboxylic acids is 1. The highest BCUT2D eigenvalue weighted by Crippen LogP contribution is 2.41. The molecule has 0 aliphatic rings. The Balaban J connectivity index is 2.01. The fourth-order valence-electron chi connectivity index (χ4n) is 3.83. The lowest BCUT2D eigenvalue weighted by Gasteiger charge is -2.42. The summed E-state index contributed by atoms with van der Waals surface area (Å²) >= 11 is 0. The van der Waals surface area contributed by atoms with E-state index in [2.05, 4.69) is 0 Å². The van der Waals surface area contributed by atoms with Crippen molar-refractivity contribution in [2.24, 2.45) is 5.84 Å². The molecule has 3 nitrogen and oxygen atoms in total. The molecule has 4 aromatic carbocycles. The van der Waals surface area contributed by atoms with Gasteiger partial charge in [-0.3, -0.25) is 9.80 Å². The number of carbonyl (C=O) groups is 1. The Morgan fingerprint density at radius 3 is 1.21 bits per heavy atom. The zero-order valence-corrected chi connectivity index (χ0v) is 16.0. The molecular weight excluding hydrogens is 356 g/mol. The first kappa shape index (κ1) is 18.7. The Labute approximate surface area is 171 Å². The van der Waals surface area contributed by atoms with Crippen molar-refractivity contribution in [2.45, 2.75) is 5.54 Å². The van der Waals surface area contributed by atoms with Gasteiger partial charge in [0.05, 0.1) is 0 Å². The standard InChI is InChI=1S/C26H22N2O/c27-28(25(29)21-13-5-1-6-14-21)26(22-15-7-2-8-16-22,23-17-9-3-10-18-23)24-19-11-4-12-20-24/h1-20H,27H2. The number of hydrazine groups is 1. The van der Waals surface area contributed by atoms with E-state index in [1.54, 1.807) is 12.1 Å². The third-order valence-electron chi connectivity index (χ3n) is 5.18. The van der Waals surface area contributed by atoms with Crippen LogP contribution in [0, 0.1) is 0 Å². The van der Waals surface area contributed by atoms with Gasteiger partial charge in [-0.1, -0.05) is 109 Å². The molecule has 4 aromatic rings. The zero-order chi connectivity index (χ0) is 20.1. The van der Waals surface area contributed by atoms with Crippen LogP contribution in [0.25, 0.3) is 0 Å². The molecule has 0 spiro atoms. The van der Waals surface area contributed by atoms with E-state index < -0.39 is 5.54 Å². The summed E-state index contributed by atoms with van der Waals surface area (Å²) in [5, 5.41) is 1.36. The Hall–Kier alpha value is -3.69. The number of rotatable bonds is 5. The van der Waals surface area contributed by atoms with Crippen LogP contribution in [-0.2, 0) is 5.54 Å². The molecule has 0 radical (unpaired) electrons. The smallest absolute Gasteiger partial charge is 0.268 e. The van der Waals surface area contributed by atoms with Crippen molar-refractivity contribution in [2.75, 3.05) is 0 Å². The summed E-state index contributed by atoms with van der Waals surface area (Å²) in [4.78, 5) is 13.5. The third-order valence-corrected chi connectivity index (χ3v) is 5.18. The molecule has 0 fully saturated rings. The summed E-state index contributed by atoms with van der Waals surface area (Å²) < 4.78 is 0. The Morgan fingerprint density at radius 1 is 0.552 bits per heavy atom. The van der Waals surface area contributed by atoms with Gasteiger partial charge in [0, 0.05) is 5.56 Å². The highest BCUT2D eigenvalue weighted by atomic mass is 16.2. The average molecular weight is 378 g/mol. The molecule has 0 unspecified atom stereocenters. The number of hydrogen-bond donors (Lipinski definition) is 1. The van der Waals surface area contributed by atoms with Gasteiger partial charge in [0.15, 0.2) is 0 Å². The van der Waals surface area contributed by atoms with Crippen LogP contribution in [0.2, 0.25) is 0 Å². The van der Waals surface area contributed by atoms with E-state index in [0.29, 0.717) is 5.56 Å². The molecule has 0 heterocycles. The highest BCUT2D eigenvalue weighted by molar-refractivity contribution is 5.95. The van der Waals surface area contributed by atoms with Crippen LogP contribution in [0.4, 0.5) is 0 Å². The van der Waals surface area contributed by atoms with Gasteiger partial charge in [0.2, 0.25) is 0 Å². The summed E-state index contributed by atoms with van der Waals surface area (Å²) in [6.07, 6.45) is 0. The second-order valence-corrected chi connectivity index (χ2v) is 6.85. The molecule has 4 rings (SSSR count). The molecule has 3 heteroatoms. The fourth-order valence-corrected chi connectivity index (χ4v) is 3.83. The molecule has 0 saturated heterocycles. The summed E-state index contributed by atoms with van der Waals surface area (Å²) in [7, 11) is 0. The van der Waals surface area contributed by atoms with Crippen LogP contribution in [0.5, 0.6) is 0 Å². The van der Waals surface area contributed by atoms with E-state index in [0.717, 1.165) is 16.7 Å². The topological polar surface area (TPSA) is 46.3 Å². The largest absolute Gasteiger partial charge is 0.269 e. The molecule has 2 N–H and O–H groups in total. The quantitative estimate of drug-likeness (QED) is 0.230. The number of amides is 1. The first-order chi connectivity index (χ1) is 14.2. The molecule has 0 bridgehead atoms. The summed E-state index contributed by atoms with van der Waals surface area (Å²) in [6.45, 7) is 0. The van der Waals surface area contributed by atoms with Crippen molar-refractivity contribution in [3.63, 3.8) is 0 Å². The number of hydrogen-bond acceptors (Lipinski definition) is 2. The van der Waals surface area contributed by atoms with Gasteiger partial charge in [-0.05, 0) is 28.8 Å². The molecular formula is C26H22N2O. The maximum absolute atomic E-state index is 13.5. The average Bonchev–Trinajstić information content (AvgIpc) is 2.82. The molecule has 0 aromatic heterocycles. The van der Waals surface area contributed by atoms with E-state index in [-0.39, 0.29) is 5.91 Å². The summed E-state index contributed by atoms with van der Waals surface area (Å²) in [5.41, 5.74) is 2.33. The van der Waals surface area contributed by atoms with Crippen LogP contribution in [0.1, 0.15) is 27.0 Å². The van der Waals surface area contributed by atoms with Gasteiger partial charge >= 0.3 is 0 Å². The highest BCUT2D eigenvalue weighted by Gasteiger charge is 2.43. The van der Waals surface area contributed by atoms with Crippen molar-refractivity contribution in [1.29, 1.82) is 0 Å². The van der Waals surface area contributed by atoms with Gasteiger partial charge in [-0.25, -0.2) is 5.84 Å². The molecule has 29 heavy (non-hydrogen) atoms. The van der Waals surface area contributed by atoms with Crippen LogP contribution in [0.15, 0.2) is 121 Å². The lowest BCUT2D eigenvalue weighted by molar-refractivity contribution is 0.0613. The van der Waals surface area contributed by atoms with Gasteiger partial charge < -0.3 is 0 Å². The molecule has 0 saturated carbocycles. The fraction of sp³-hybridized carbons (Fsp3) is 0.0385. The molecule has 1 amide bonds. The van der Waals surface area contributed by atoms with Gasteiger partial charge in [0.1, 0.15) is 5.54 Å². The molecule has 142 valence electrons. The van der Waals surface area contributed by atoms with E-state index in [1.165, 1.54) is 5.01 Å².